The maximum Gasteiger partial charge on any atom is 0.255 e. The predicted octanol–water partition coefficient (Wildman–Crippen LogP) is 3.74. The molecule has 1 aromatic heterocycles. The first-order chi connectivity index (χ1) is 15.5. The predicted molar refractivity (Wildman–Crippen MR) is 120 cm³/mol. The monoisotopic (exact) mass is 438 g/mol. The molecule has 3 aliphatic rings. The number of H-pyrrole nitrogens is 1. The second-order valence-electron chi connectivity index (χ2n) is 8.80. The van der Waals surface area contributed by atoms with Gasteiger partial charge < -0.3 is 25.1 Å². The molecule has 1 fully saturated rings. The quantitative estimate of drug-likeness (QED) is 0.641. The average Bonchev–Trinajstić information content (AvgIpc) is 3.14. The minimum absolute atomic E-state index is 0.147. The van der Waals surface area contributed by atoms with Crippen molar-refractivity contribution in [3.05, 3.63) is 58.8 Å². The summed E-state index contributed by atoms with van der Waals surface area (Å²) in [5.74, 6) is -0.636. The molecule has 2 aromatic rings. The summed E-state index contributed by atoms with van der Waals surface area (Å²) in [6, 6.07) is 4.89. The number of aromatic amines is 1. The molecule has 0 aliphatic carbocycles. The van der Waals surface area contributed by atoms with Gasteiger partial charge >= 0.3 is 0 Å². The van der Waals surface area contributed by atoms with Crippen LogP contribution in [-0.4, -0.2) is 48.6 Å². The number of aromatic nitrogens is 1. The van der Waals surface area contributed by atoms with Gasteiger partial charge in [0.05, 0.1) is 36.0 Å². The van der Waals surface area contributed by atoms with Gasteiger partial charge in [0, 0.05) is 54.4 Å². The number of hydrogen-bond acceptors (Lipinski definition) is 5. The van der Waals surface area contributed by atoms with Crippen LogP contribution in [0.1, 0.15) is 46.6 Å². The van der Waals surface area contributed by atoms with E-state index >= 15 is 0 Å². The summed E-state index contributed by atoms with van der Waals surface area (Å²) >= 11 is 0. The van der Waals surface area contributed by atoms with E-state index < -0.39 is 0 Å². The molecule has 8 heteroatoms. The molecule has 3 unspecified atom stereocenters. The molecule has 1 saturated heterocycles. The highest BCUT2D eigenvalue weighted by atomic mass is 19.1. The van der Waals surface area contributed by atoms with Crippen LogP contribution in [0.25, 0.3) is 0 Å². The molecule has 1 amide bonds. The number of benzene rings is 1. The van der Waals surface area contributed by atoms with E-state index in [-0.39, 0.29) is 29.3 Å². The van der Waals surface area contributed by atoms with Gasteiger partial charge in [-0.25, -0.2) is 4.39 Å². The molecule has 3 N–H and O–H groups in total. The normalized spacial score (nSPS) is 26.4. The number of carbonyl (C=O) groups excluding carboxylic acids is 1. The smallest absolute Gasteiger partial charge is 0.255 e. The topological polar surface area (TPSA) is 87.7 Å². The Hall–Kier alpha value is -2.97. The van der Waals surface area contributed by atoms with E-state index in [0.717, 1.165) is 24.4 Å². The highest BCUT2D eigenvalue weighted by Gasteiger charge is 2.37. The van der Waals surface area contributed by atoms with E-state index in [4.69, 9.17) is 9.47 Å². The SMILES string of the molecule is Cc1c(F)cccc1Nc1c(C2C=CN=CC2OCC2(C)CCO2)[nH]c2c1C(=O)NCC2. The molecule has 32 heavy (non-hydrogen) atoms. The summed E-state index contributed by atoms with van der Waals surface area (Å²) in [6.45, 7) is 5.54. The third kappa shape index (κ3) is 3.73. The molecule has 1 aromatic carbocycles. The first kappa shape index (κ1) is 20.9. The summed E-state index contributed by atoms with van der Waals surface area (Å²) in [7, 11) is 0. The van der Waals surface area contributed by atoms with E-state index in [1.165, 1.54) is 6.07 Å². The van der Waals surface area contributed by atoms with Crippen molar-refractivity contribution in [2.75, 3.05) is 25.1 Å². The van der Waals surface area contributed by atoms with Crippen LogP contribution in [0.3, 0.4) is 0 Å². The zero-order chi connectivity index (χ0) is 22.3. The molecule has 0 saturated carbocycles. The number of aliphatic imine (C=N–C) groups is 1. The molecule has 0 spiro atoms. The number of fused-ring (bicyclic) bond motifs is 1. The number of rotatable bonds is 6. The van der Waals surface area contributed by atoms with Crippen LogP contribution in [-0.2, 0) is 15.9 Å². The number of carbonyl (C=O) groups is 1. The van der Waals surface area contributed by atoms with E-state index in [9.17, 15) is 9.18 Å². The Bertz CT molecular complexity index is 1100. The number of halogens is 1. The van der Waals surface area contributed by atoms with Crippen molar-refractivity contribution >= 4 is 23.5 Å². The Morgan fingerprint density at radius 1 is 1.41 bits per heavy atom. The van der Waals surface area contributed by atoms with E-state index in [1.54, 1.807) is 25.4 Å². The summed E-state index contributed by atoms with van der Waals surface area (Å²) < 4.78 is 26.1. The average molecular weight is 439 g/mol. The summed E-state index contributed by atoms with van der Waals surface area (Å²) in [5.41, 5.74) is 3.75. The standard InChI is InChI=1S/C24H27FN4O3/c1-14-16(25)4-3-5-17(14)28-22-20-18(7-10-27-23(20)30)29-21(22)15-6-9-26-12-19(15)31-13-24(2)8-11-32-24/h3-6,9,12,15,19,28-29H,7-8,10-11,13H2,1-2H3,(H,27,30). The van der Waals surface area contributed by atoms with E-state index in [1.807, 2.05) is 19.1 Å². The Morgan fingerprint density at radius 2 is 2.25 bits per heavy atom. The maximum atomic E-state index is 14.2. The van der Waals surface area contributed by atoms with Crippen molar-refractivity contribution in [2.24, 2.45) is 4.99 Å². The highest BCUT2D eigenvalue weighted by Crippen LogP contribution is 2.39. The number of hydrogen-bond donors (Lipinski definition) is 3. The number of anilines is 2. The summed E-state index contributed by atoms with van der Waals surface area (Å²) in [4.78, 5) is 20.5. The van der Waals surface area contributed by atoms with Gasteiger partial charge in [0.15, 0.2) is 0 Å². The highest BCUT2D eigenvalue weighted by molar-refractivity contribution is 6.03. The summed E-state index contributed by atoms with van der Waals surface area (Å²) in [6.07, 6.45) is 6.82. The van der Waals surface area contributed by atoms with Crippen LogP contribution >= 0.6 is 0 Å². The Balaban J connectivity index is 1.52. The number of nitrogens with zero attached hydrogens (tertiary/aromatic N) is 1. The first-order valence-electron chi connectivity index (χ1n) is 11.0. The largest absolute Gasteiger partial charge is 0.373 e. The van der Waals surface area contributed by atoms with Gasteiger partial charge in [-0.15, -0.1) is 0 Å². The lowest BCUT2D eigenvalue weighted by molar-refractivity contribution is -0.173. The molecule has 168 valence electrons. The van der Waals surface area contributed by atoms with Crippen molar-refractivity contribution in [1.29, 1.82) is 0 Å². The fourth-order valence-electron chi connectivity index (χ4n) is 4.38. The molecular formula is C24H27FN4O3. The lowest BCUT2D eigenvalue weighted by Gasteiger charge is -2.39. The van der Waals surface area contributed by atoms with Crippen LogP contribution in [0.4, 0.5) is 15.8 Å². The van der Waals surface area contributed by atoms with Crippen LogP contribution in [0.5, 0.6) is 0 Å². The summed E-state index contributed by atoms with van der Waals surface area (Å²) in [5, 5.41) is 6.26. The van der Waals surface area contributed by atoms with Crippen LogP contribution < -0.4 is 10.6 Å². The molecule has 3 aliphatic heterocycles. The van der Waals surface area contributed by atoms with E-state index in [2.05, 4.69) is 20.6 Å². The molecule has 0 bridgehead atoms. The minimum atomic E-state index is -0.321. The van der Waals surface area contributed by atoms with Crippen molar-refractivity contribution in [3.8, 4) is 0 Å². The van der Waals surface area contributed by atoms with Crippen LogP contribution in [0.15, 0.2) is 35.5 Å². The van der Waals surface area contributed by atoms with Gasteiger partial charge in [0.2, 0.25) is 0 Å². The third-order valence-corrected chi connectivity index (χ3v) is 6.48. The van der Waals surface area contributed by atoms with Crippen LogP contribution in [0, 0.1) is 12.7 Å². The Morgan fingerprint density at radius 3 is 3.03 bits per heavy atom. The molecule has 5 rings (SSSR count). The van der Waals surface area contributed by atoms with Crippen molar-refractivity contribution in [1.82, 2.24) is 10.3 Å². The van der Waals surface area contributed by atoms with Gasteiger partial charge in [-0.3, -0.25) is 9.79 Å². The van der Waals surface area contributed by atoms with E-state index in [0.29, 0.717) is 42.1 Å². The molecular weight excluding hydrogens is 411 g/mol. The van der Waals surface area contributed by atoms with Gasteiger partial charge in [0.1, 0.15) is 11.9 Å². The molecule has 7 nitrogen and oxygen atoms in total. The van der Waals surface area contributed by atoms with Crippen molar-refractivity contribution in [3.63, 3.8) is 0 Å². The molecule has 4 heterocycles. The zero-order valence-corrected chi connectivity index (χ0v) is 18.2. The molecule has 3 atom stereocenters. The lowest BCUT2D eigenvalue weighted by Crippen LogP contribution is -2.46. The number of ether oxygens (including phenoxy) is 2. The second-order valence-corrected chi connectivity index (χ2v) is 8.80. The van der Waals surface area contributed by atoms with Gasteiger partial charge in [-0.05, 0) is 26.0 Å². The number of amides is 1. The van der Waals surface area contributed by atoms with Crippen molar-refractivity contribution in [2.45, 2.75) is 44.3 Å². The Labute approximate surface area is 186 Å². The van der Waals surface area contributed by atoms with Crippen LogP contribution in [0.2, 0.25) is 0 Å². The Kier molecular flexibility index (Phi) is 5.35. The van der Waals surface area contributed by atoms with Gasteiger partial charge in [-0.2, -0.15) is 0 Å². The lowest BCUT2D eigenvalue weighted by atomic mass is 9.94. The van der Waals surface area contributed by atoms with Crippen molar-refractivity contribution < 1.29 is 18.7 Å². The van der Waals surface area contributed by atoms with Gasteiger partial charge in [-0.1, -0.05) is 12.1 Å². The molecule has 0 radical (unpaired) electrons. The number of nitrogens with one attached hydrogen (secondary N) is 3. The fourth-order valence-corrected chi connectivity index (χ4v) is 4.38. The second kappa shape index (κ2) is 8.18. The third-order valence-electron chi connectivity index (χ3n) is 6.48. The zero-order valence-electron chi connectivity index (χ0n) is 18.2. The maximum absolute atomic E-state index is 14.2. The minimum Gasteiger partial charge on any atom is -0.373 e. The van der Waals surface area contributed by atoms with Gasteiger partial charge in [0.25, 0.3) is 5.91 Å². The first-order valence-corrected chi connectivity index (χ1v) is 11.0. The fraction of sp³-hybridized carbons (Fsp3) is 0.417.